The Morgan fingerprint density at radius 3 is 2.06 bits per heavy atom. The van der Waals surface area contributed by atoms with Crippen LogP contribution < -0.4 is 20.9 Å². The lowest BCUT2D eigenvalue weighted by Gasteiger charge is -2.14. The Hall–Kier alpha value is -2.36. The number of ether oxygens (including phenoxy) is 2. The molecule has 2 aromatic rings. The molecular formula is C14H16N2O2. The van der Waals surface area contributed by atoms with Crippen LogP contribution in [0, 0.1) is 0 Å². The molecule has 4 nitrogen and oxygen atoms in total. The molecule has 0 aliphatic heterocycles. The van der Waals surface area contributed by atoms with Gasteiger partial charge in [-0.2, -0.15) is 0 Å². The average molecular weight is 244 g/mol. The summed E-state index contributed by atoms with van der Waals surface area (Å²) in [7, 11) is 3.15. The Labute approximate surface area is 106 Å². The van der Waals surface area contributed by atoms with Gasteiger partial charge in [-0.3, -0.25) is 0 Å². The predicted molar refractivity (Wildman–Crippen MR) is 73.8 cm³/mol. The molecular weight excluding hydrogens is 228 g/mol. The molecule has 0 unspecified atom stereocenters. The smallest absolute Gasteiger partial charge is 0.184 e. The SMILES string of the molecule is COc1ccc(-c2ccc(N)cc2)c(N)c1OC. The highest BCUT2D eigenvalue weighted by Gasteiger charge is 2.13. The van der Waals surface area contributed by atoms with Crippen molar-refractivity contribution in [2.45, 2.75) is 0 Å². The monoisotopic (exact) mass is 244 g/mol. The molecule has 0 amide bonds. The highest BCUT2D eigenvalue weighted by molar-refractivity contribution is 5.83. The minimum Gasteiger partial charge on any atom is -0.493 e. The Bertz CT molecular complexity index is 550. The highest BCUT2D eigenvalue weighted by atomic mass is 16.5. The summed E-state index contributed by atoms with van der Waals surface area (Å²) in [5.74, 6) is 1.17. The molecule has 0 bridgehead atoms. The van der Waals surface area contributed by atoms with E-state index < -0.39 is 0 Å². The summed E-state index contributed by atoms with van der Waals surface area (Å²) < 4.78 is 10.5. The maximum Gasteiger partial charge on any atom is 0.184 e. The van der Waals surface area contributed by atoms with Gasteiger partial charge in [-0.15, -0.1) is 0 Å². The van der Waals surface area contributed by atoms with E-state index in [1.807, 2.05) is 36.4 Å². The van der Waals surface area contributed by atoms with Crippen molar-refractivity contribution in [2.24, 2.45) is 0 Å². The minimum absolute atomic E-state index is 0.548. The van der Waals surface area contributed by atoms with Gasteiger partial charge in [0, 0.05) is 11.3 Å². The molecule has 0 atom stereocenters. The molecule has 4 N–H and O–H groups in total. The first-order valence-corrected chi connectivity index (χ1v) is 5.53. The largest absolute Gasteiger partial charge is 0.493 e. The number of nitrogens with two attached hydrogens (primary N) is 2. The van der Waals surface area contributed by atoms with Crippen molar-refractivity contribution in [2.75, 3.05) is 25.7 Å². The zero-order valence-corrected chi connectivity index (χ0v) is 10.4. The van der Waals surface area contributed by atoms with Crippen LogP contribution in [0.25, 0.3) is 11.1 Å². The second-order valence-corrected chi connectivity index (χ2v) is 3.88. The van der Waals surface area contributed by atoms with E-state index in [0.29, 0.717) is 17.2 Å². The standard InChI is InChI=1S/C14H16N2O2/c1-17-12-8-7-11(13(16)14(12)18-2)9-3-5-10(15)6-4-9/h3-8H,15-16H2,1-2H3. The summed E-state index contributed by atoms with van der Waals surface area (Å²) in [5, 5.41) is 0. The van der Waals surface area contributed by atoms with Crippen LogP contribution in [0.15, 0.2) is 36.4 Å². The number of hydrogen-bond acceptors (Lipinski definition) is 4. The molecule has 0 saturated carbocycles. The molecule has 0 spiro atoms. The molecule has 0 aromatic heterocycles. The first-order chi connectivity index (χ1) is 8.67. The molecule has 0 aliphatic rings. The van der Waals surface area contributed by atoms with Gasteiger partial charge in [0.05, 0.1) is 19.9 Å². The van der Waals surface area contributed by atoms with E-state index in [0.717, 1.165) is 16.8 Å². The van der Waals surface area contributed by atoms with E-state index in [4.69, 9.17) is 20.9 Å². The number of methoxy groups -OCH3 is 2. The quantitative estimate of drug-likeness (QED) is 0.814. The zero-order chi connectivity index (χ0) is 13.1. The third-order valence-electron chi connectivity index (χ3n) is 2.81. The molecule has 0 aliphatic carbocycles. The first kappa shape index (κ1) is 12.1. The van der Waals surface area contributed by atoms with Crippen molar-refractivity contribution in [3.05, 3.63) is 36.4 Å². The summed E-state index contributed by atoms with van der Waals surface area (Å²) >= 11 is 0. The Kier molecular flexibility index (Phi) is 3.28. The summed E-state index contributed by atoms with van der Waals surface area (Å²) in [6, 6.07) is 11.3. The van der Waals surface area contributed by atoms with Gasteiger partial charge in [-0.25, -0.2) is 0 Å². The lowest BCUT2D eigenvalue weighted by atomic mass is 10.0. The third-order valence-corrected chi connectivity index (χ3v) is 2.81. The van der Waals surface area contributed by atoms with Gasteiger partial charge in [0.1, 0.15) is 0 Å². The Morgan fingerprint density at radius 1 is 0.833 bits per heavy atom. The van der Waals surface area contributed by atoms with E-state index in [1.165, 1.54) is 0 Å². The molecule has 2 rings (SSSR count). The normalized spacial score (nSPS) is 10.1. The van der Waals surface area contributed by atoms with Gasteiger partial charge in [0.2, 0.25) is 0 Å². The fraction of sp³-hybridized carbons (Fsp3) is 0.143. The number of nitrogen functional groups attached to an aromatic ring is 2. The van der Waals surface area contributed by atoms with Crippen LogP contribution >= 0.6 is 0 Å². The van der Waals surface area contributed by atoms with Crippen LogP contribution in [0.5, 0.6) is 11.5 Å². The summed E-state index contributed by atoms with van der Waals surface area (Å²) in [5.41, 5.74) is 14.9. The maximum absolute atomic E-state index is 6.10. The van der Waals surface area contributed by atoms with Crippen molar-refractivity contribution in [3.63, 3.8) is 0 Å². The van der Waals surface area contributed by atoms with E-state index in [2.05, 4.69) is 0 Å². The van der Waals surface area contributed by atoms with E-state index >= 15 is 0 Å². The van der Waals surface area contributed by atoms with Crippen molar-refractivity contribution >= 4 is 11.4 Å². The molecule has 18 heavy (non-hydrogen) atoms. The first-order valence-electron chi connectivity index (χ1n) is 5.53. The fourth-order valence-electron chi connectivity index (χ4n) is 1.87. The number of anilines is 2. The molecule has 2 aromatic carbocycles. The second-order valence-electron chi connectivity index (χ2n) is 3.88. The number of rotatable bonds is 3. The lowest BCUT2D eigenvalue weighted by molar-refractivity contribution is 0.356. The van der Waals surface area contributed by atoms with Crippen molar-refractivity contribution in [1.29, 1.82) is 0 Å². The van der Waals surface area contributed by atoms with Crippen molar-refractivity contribution in [3.8, 4) is 22.6 Å². The van der Waals surface area contributed by atoms with Crippen LogP contribution in [0.4, 0.5) is 11.4 Å². The lowest BCUT2D eigenvalue weighted by Crippen LogP contribution is -1.98. The van der Waals surface area contributed by atoms with E-state index in [-0.39, 0.29) is 0 Å². The Balaban J connectivity index is 2.55. The summed E-state index contributed by atoms with van der Waals surface area (Å²) in [4.78, 5) is 0. The maximum atomic E-state index is 6.10. The van der Waals surface area contributed by atoms with E-state index in [1.54, 1.807) is 14.2 Å². The second kappa shape index (κ2) is 4.87. The van der Waals surface area contributed by atoms with Crippen LogP contribution in [-0.2, 0) is 0 Å². The topological polar surface area (TPSA) is 70.5 Å². The Morgan fingerprint density at radius 2 is 1.50 bits per heavy atom. The number of benzene rings is 2. The van der Waals surface area contributed by atoms with Crippen LogP contribution in [0.2, 0.25) is 0 Å². The summed E-state index contributed by atoms with van der Waals surface area (Å²) in [6.45, 7) is 0. The van der Waals surface area contributed by atoms with E-state index in [9.17, 15) is 0 Å². The van der Waals surface area contributed by atoms with Crippen molar-refractivity contribution in [1.82, 2.24) is 0 Å². The van der Waals surface area contributed by atoms with Gasteiger partial charge >= 0.3 is 0 Å². The average Bonchev–Trinajstić information content (AvgIpc) is 2.39. The van der Waals surface area contributed by atoms with Crippen LogP contribution in [-0.4, -0.2) is 14.2 Å². The molecule has 94 valence electrons. The molecule has 4 heteroatoms. The van der Waals surface area contributed by atoms with Gasteiger partial charge in [-0.1, -0.05) is 12.1 Å². The number of hydrogen-bond donors (Lipinski definition) is 2. The zero-order valence-electron chi connectivity index (χ0n) is 10.4. The van der Waals surface area contributed by atoms with Crippen LogP contribution in [0.1, 0.15) is 0 Å². The molecule has 0 heterocycles. The fourth-order valence-corrected chi connectivity index (χ4v) is 1.87. The van der Waals surface area contributed by atoms with Gasteiger partial charge < -0.3 is 20.9 Å². The highest BCUT2D eigenvalue weighted by Crippen LogP contribution is 2.40. The van der Waals surface area contributed by atoms with Gasteiger partial charge in [-0.05, 0) is 29.8 Å². The van der Waals surface area contributed by atoms with Gasteiger partial charge in [0.25, 0.3) is 0 Å². The van der Waals surface area contributed by atoms with Crippen molar-refractivity contribution < 1.29 is 9.47 Å². The molecule has 0 radical (unpaired) electrons. The molecule has 0 fully saturated rings. The summed E-state index contributed by atoms with van der Waals surface area (Å²) in [6.07, 6.45) is 0. The van der Waals surface area contributed by atoms with Crippen LogP contribution in [0.3, 0.4) is 0 Å². The molecule has 0 saturated heterocycles. The third kappa shape index (κ3) is 2.05. The van der Waals surface area contributed by atoms with Gasteiger partial charge in [0.15, 0.2) is 11.5 Å². The minimum atomic E-state index is 0.548. The predicted octanol–water partition coefficient (Wildman–Crippen LogP) is 2.54.